The van der Waals surface area contributed by atoms with Crippen LogP contribution < -0.4 is 5.73 Å². The van der Waals surface area contributed by atoms with Crippen LogP contribution in [0.3, 0.4) is 0 Å². The molecular formula is C6H5F2N5S. The standard InChI is InChI=1S/C6H5F2N5S/c7-5(8)13-2-1-3(12-13)4-10-11-6(9)14-4/h1-2,5H,(H2,9,11). The first-order valence-electron chi connectivity index (χ1n) is 3.59. The molecule has 2 N–H and O–H groups in total. The largest absolute Gasteiger partial charge is 0.374 e. The summed E-state index contributed by atoms with van der Waals surface area (Å²) in [6.45, 7) is -2.64. The Balaban J connectivity index is 2.33. The number of rotatable bonds is 2. The molecule has 2 aromatic heterocycles. The molecule has 2 rings (SSSR count). The Labute approximate surface area is 81.2 Å². The highest BCUT2D eigenvalue weighted by Crippen LogP contribution is 2.23. The highest BCUT2D eigenvalue weighted by atomic mass is 32.1. The van der Waals surface area contributed by atoms with Crippen molar-refractivity contribution in [1.82, 2.24) is 20.0 Å². The van der Waals surface area contributed by atoms with Crippen LogP contribution in [0.4, 0.5) is 13.9 Å². The van der Waals surface area contributed by atoms with Crippen molar-refractivity contribution in [3.05, 3.63) is 12.3 Å². The molecule has 74 valence electrons. The molecule has 0 spiro atoms. The van der Waals surface area contributed by atoms with Crippen molar-refractivity contribution in [3.8, 4) is 10.7 Å². The summed E-state index contributed by atoms with van der Waals surface area (Å²) in [5.74, 6) is 0. The first kappa shape index (κ1) is 9.00. The molecule has 0 aromatic carbocycles. The molecule has 0 aliphatic heterocycles. The minimum atomic E-state index is -2.64. The lowest BCUT2D eigenvalue weighted by Gasteiger charge is -1.95. The van der Waals surface area contributed by atoms with Gasteiger partial charge in [0.05, 0.1) is 0 Å². The van der Waals surface area contributed by atoms with Crippen molar-refractivity contribution in [2.45, 2.75) is 6.55 Å². The van der Waals surface area contributed by atoms with Crippen LogP contribution >= 0.6 is 11.3 Å². The lowest BCUT2D eigenvalue weighted by atomic mass is 10.5. The van der Waals surface area contributed by atoms with Crippen LogP contribution in [-0.4, -0.2) is 20.0 Å². The van der Waals surface area contributed by atoms with E-state index in [2.05, 4.69) is 15.3 Å². The second-order valence-corrected chi connectivity index (χ2v) is 3.41. The molecule has 0 fully saturated rings. The van der Waals surface area contributed by atoms with E-state index in [1.807, 2.05) is 0 Å². The van der Waals surface area contributed by atoms with E-state index in [1.165, 1.54) is 12.3 Å². The molecule has 8 heteroatoms. The zero-order chi connectivity index (χ0) is 10.1. The third-order valence-corrected chi connectivity index (χ3v) is 2.24. The molecule has 0 amide bonds. The highest BCUT2D eigenvalue weighted by molar-refractivity contribution is 7.18. The van der Waals surface area contributed by atoms with E-state index in [-0.39, 0.29) is 5.13 Å². The zero-order valence-corrected chi connectivity index (χ0v) is 7.58. The van der Waals surface area contributed by atoms with E-state index in [1.54, 1.807) is 0 Å². The number of hydrogen-bond acceptors (Lipinski definition) is 5. The molecule has 14 heavy (non-hydrogen) atoms. The molecule has 0 unspecified atom stereocenters. The second-order valence-electron chi connectivity index (χ2n) is 2.40. The molecule has 2 heterocycles. The summed E-state index contributed by atoms with van der Waals surface area (Å²) in [5, 5.41) is 11.6. The van der Waals surface area contributed by atoms with Crippen molar-refractivity contribution in [2.75, 3.05) is 5.73 Å². The van der Waals surface area contributed by atoms with Gasteiger partial charge in [0.25, 0.3) is 0 Å². The maximum Gasteiger partial charge on any atom is 0.333 e. The number of nitrogen functional groups attached to an aromatic ring is 1. The Bertz CT molecular complexity index is 437. The summed E-state index contributed by atoms with van der Waals surface area (Å²) in [6.07, 6.45) is 1.18. The van der Waals surface area contributed by atoms with E-state index in [0.29, 0.717) is 15.4 Å². The number of halogens is 2. The van der Waals surface area contributed by atoms with Gasteiger partial charge >= 0.3 is 6.55 Å². The fourth-order valence-electron chi connectivity index (χ4n) is 0.899. The molecule has 0 saturated heterocycles. The van der Waals surface area contributed by atoms with Gasteiger partial charge in [-0.15, -0.1) is 10.2 Å². The molecule has 0 aliphatic rings. The summed E-state index contributed by atoms with van der Waals surface area (Å²) in [4.78, 5) is 0. The quantitative estimate of drug-likeness (QED) is 0.824. The number of hydrogen-bond donors (Lipinski definition) is 1. The van der Waals surface area contributed by atoms with Gasteiger partial charge < -0.3 is 5.73 Å². The first-order chi connectivity index (χ1) is 6.66. The first-order valence-corrected chi connectivity index (χ1v) is 4.41. The van der Waals surface area contributed by atoms with E-state index in [9.17, 15) is 8.78 Å². The van der Waals surface area contributed by atoms with Crippen LogP contribution in [-0.2, 0) is 0 Å². The normalized spacial score (nSPS) is 11.1. The van der Waals surface area contributed by atoms with E-state index in [0.717, 1.165) is 11.3 Å². The number of anilines is 1. The van der Waals surface area contributed by atoms with Gasteiger partial charge in [0.15, 0.2) is 5.01 Å². The third kappa shape index (κ3) is 1.55. The fourth-order valence-corrected chi connectivity index (χ4v) is 1.47. The number of aromatic nitrogens is 4. The smallest absolute Gasteiger partial charge is 0.333 e. The van der Waals surface area contributed by atoms with Gasteiger partial charge in [-0.1, -0.05) is 11.3 Å². The predicted molar refractivity (Wildman–Crippen MR) is 46.8 cm³/mol. The lowest BCUT2D eigenvalue weighted by molar-refractivity contribution is 0.0568. The maximum absolute atomic E-state index is 12.1. The summed E-state index contributed by atoms with van der Waals surface area (Å²) in [6, 6.07) is 1.44. The molecule has 5 nitrogen and oxygen atoms in total. The van der Waals surface area contributed by atoms with Crippen LogP contribution in [0.25, 0.3) is 10.7 Å². The van der Waals surface area contributed by atoms with Crippen molar-refractivity contribution in [2.24, 2.45) is 0 Å². The van der Waals surface area contributed by atoms with Crippen LogP contribution in [0.15, 0.2) is 12.3 Å². The fraction of sp³-hybridized carbons (Fsp3) is 0.167. The van der Waals surface area contributed by atoms with Crippen molar-refractivity contribution >= 4 is 16.5 Å². The van der Waals surface area contributed by atoms with Crippen molar-refractivity contribution < 1.29 is 8.78 Å². The van der Waals surface area contributed by atoms with Crippen LogP contribution in [0, 0.1) is 0 Å². The third-order valence-electron chi connectivity index (χ3n) is 1.47. The molecule has 0 bridgehead atoms. The summed E-state index contributed by atoms with van der Waals surface area (Å²) >= 11 is 1.10. The van der Waals surface area contributed by atoms with Crippen molar-refractivity contribution in [1.29, 1.82) is 0 Å². The van der Waals surface area contributed by atoms with Gasteiger partial charge in [-0.2, -0.15) is 13.9 Å². The minimum absolute atomic E-state index is 0.284. The van der Waals surface area contributed by atoms with Crippen molar-refractivity contribution in [3.63, 3.8) is 0 Å². The van der Waals surface area contributed by atoms with E-state index in [4.69, 9.17) is 5.73 Å². The van der Waals surface area contributed by atoms with Crippen LogP contribution in [0.1, 0.15) is 6.55 Å². The average molecular weight is 217 g/mol. The number of alkyl halides is 2. The van der Waals surface area contributed by atoms with Gasteiger partial charge in [-0.25, -0.2) is 4.68 Å². The molecule has 0 atom stereocenters. The van der Waals surface area contributed by atoms with Crippen LogP contribution in [0.5, 0.6) is 0 Å². The second kappa shape index (κ2) is 3.29. The Morgan fingerprint density at radius 3 is 2.71 bits per heavy atom. The zero-order valence-electron chi connectivity index (χ0n) is 6.76. The molecule has 0 aliphatic carbocycles. The molecule has 0 radical (unpaired) electrons. The Hall–Kier alpha value is -1.57. The maximum atomic E-state index is 12.1. The molecule has 0 saturated carbocycles. The van der Waals surface area contributed by atoms with E-state index >= 15 is 0 Å². The summed E-state index contributed by atoms with van der Waals surface area (Å²) in [5.41, 5.74) is 5.69. The Morgan fingerprint density at radius 2 is 2.21 bits per heavy atom. The Kier molecular flexibility index (Phi) is 2.12. The average Bonchev–Trinajstić information content (AvgIpc) is 2.70. The number of nitrogens with zero attached hydrogens (tertiary/aromatic N) is 4. The monoisotopic (exact) mass is 217 g/mol. The topological polar surface area (TPSA) is 69.6 Å². The number of nitrogens with two attached hydrogens (primary N) is 1. The highest BCUT2D eigenvalue weighted by Gasteiger charge is 2.11. The van der Waals surface area contributed by atoms with Gasteiger partial charge in [0.2, 0.25) is 5.13 Å². The summed E-state index contributed by atoms with van der Waals surface area (Å²) in [7, 11) is 0. The van der Waals surface area contributed by atoms with Crippen LogP contribution in [0.2, 0.25) is 0 Å². The predicted octanol–water partition coefficient (Wildman–Crippen LogP) is 1.38. The van der Waals surface area contributed by atoms with Gasteiger partial charge in [-0.05, 0) is 6.07 Å². The molecular weight excluding hydrogens is 212 g/mol. The Morgan fingerprint density at radius 1 is 1.43 bits per heavy atom. The van der Waals surface area contributed by atoms with Gasteiger partial charge in [0.1, 0.15) is 5.69 Å². The lowest BCUT2D eigenvalue weighted by Crippen LogP contribution is -1.97. The van der Waals surface area contributed by atoms with Gasteiger partial charge in [-0.3, -0.25) is 0 Å². The molecule has 2 aromatic rings. The SMILES string of the molecule is Nc1nnc(-c2ccn(C(F)F)n2)s1. The summed E-state index contributed by atoms with van der Waals surface area (Å²) < 4.78 is 24.8. The van der Waals surface area contributed by atoms with Gasteiger partial charge in [0, 0.05) is 6.20 Å². The van der Waals surface area contributed by atoms with E-state index < -0.39 is 6.55 Å². The minimum Gasteiger partial charge on any atom is -0.374 e.